The molecule has 0 aromatic heterocycles. The highest BCUT2D eigenvalue weighted by Crippen LogP contribution is 2.56. The van der Waals surface area contributed by atoms with Gasteiger partial charge in [0.1, 0.15) is 23.7 Å². The van der Waals surface area contributed by atoms with E-state index in [4.69, 9.17) is 14.2 Å². The van der Waals surface area contributed by atoms with Gasteiger partial charge in [-0.25, -0.2) is 0 Å². The molecular formula is C36H41N3O8. The lowest BCUT2D eigenvalue weighted by atomic mass is 9.74. The molecular weight excluding hydrogens is 602 g/mol. The minimum atomic E-state index is -1.38. The molecule has 2 saturated heterocycles. The number of amides is 3. The Bertz CT molecular complexity index is 1510. The second kappa shape index (κ2) is 14.2. The van der Waals surface area contributed by atoms with E-state index in [0.29, 0.717) is 12.0 Å². The largest absolute Gasteiger partial charge is 0.455 e. The summed E-state index contributed by atoms with van der Waals surface area (Å²) in [7, 11) is 1.51. The van der Waals surface area contributed by atoms with Crippen LogP contribution >= 0.6 is 0 Å². The minimum absolute atomic E-state index is 0.0746. The van der Waals surface area contributed by atoms with Crippen molar-refractivity contribution >= 4 is 23.7 Å². The van der Waals surface area contributed by atoms with Crippen LogP contribution in [0.2, 0.25) is 0 Å². The number of likely N-dealkylation sites (tertiary alicyclic amines) is 1. The summed E-state index contributed by atoms with van der Waals surface area (Å²) in [6.45, 7) is 0.535. The molecule has 0 saturated carbocycles. The standard InChI is InChI=1S/C36H41N3O8/c1-45-23-26-31(25-14-7-3-8-15-25)46-35(44)29-27-17-18-36(47-27)30(29)33(42)39(20-11-21-40)32(36)34(43)38(22-24-12-5-2-6-13-24)19-10-4-9-16-28(41)37-26/h2-8,10,12-15,17-18,26-27,29-32,40H,9,11,16,19-23H2,1H3,(H,37,41)/b10-4-/t26-,27+,29-,30-,31-,32+,36-/m0/s1. The SMILES string of the molecule is COC[C@@H]1NC(=O)CC/C=C\CN(Cc2ccccc2)C(=O)[C@H]2N(CCCO)C(=O)[C@@H]3[C@@H](C(=O)O[C@H]1c1ccccc1)[C@H]1C=C[C@]32O1. The van der Waals surface area contributed by atoms with Gasteiger partial charge in [-0.1, -0.05) is 85.0 Å². The van der Waals surface area contributed by atoms with Crippen LogP contribution in [0.1, 0.15) is 36.5 Å². The number of allylic oxidation sites excluding steroid dienone is 1. The summed E-state index contributed by atoms with van der Waals surface area (Å²) in [6.07, 6.45) is 6.38. The second-order valence-corrected chi connectivity index (χ2v) is 12.4. The number of methoxy groups -OCH3 is 1. The maximum absolute atomic E-state index is 14.7. The van der Waals surface area contributed by atoms with E-state index in [-0.39, 0.29) is 63.4 Å². The van der Waals surface area contributed by atoms with Crippen molar-refractivity contribution in [1.82, 2.24) is 15.1 Å². The summed E-state index contributed by atoms with van der Waals surface area (Å²) in [5.74, 6) is -3.64. The number of nitrogens with one attached hydrogen (secondary N) is 1. The predicted molar refractivity (Wildman–Crippen MR) is 170 cm³/mol. The van der Waals surface area contributed by atoms with Crippen LogP contribution in [-0.4, -0.2) is 95.8 Å². The predicted octanol–water partition coefficient (Wildman–Crippen LogP) is 2.31. The number of cyclic esters (lactones) is 1. The van der Waals surface area contributed by atoms with Crippen molar-refractivity contribution in [3.8, 4) is 0 Å². The number of benzene rings is 2. The molecule has 4 heterocycles. The molecule has 11 nitrogen and oxygen atoms in total. The molecule has 248 valence electrons. The molecule has 4 aliphatic rings. The first-order valence-corrected chi connectivity index (χ1v) is 16.2. The third-order valence-corrected chi connectivity index (χ3v) is 9.42. The number of carbonyl (C=O) groups excluding carboxylic acids is 4. The van der Waals surface area contributed by atoms with E-state index in [2.05, 4.69) is 5.32 Å². The Morgan fingerprint density at radius 3 is 2.47 bits per heavy atom. The van der Waals surface area contributed by atoms with Gasteiger partial charge in [-0.3, -0.25) is 19.2 Å². The van der Waals surface area contributed by atoms with E-state index in [1.165, 1.54) is 12.0 Å². The molecule has 11 heteroatoms. The highest BCUT2D eigenvalue weighted by Gasteiger charge is 2.73. The van der Waals surface area contributed by atoms with Gasteiger partial charge in [-0.2, -0.15) is 0 Å². The zero-order valence-electron chi connectivity index (χ0n) is 26.4. The van der Waals surface area contributed by atoms with Crippen molar-refractivity contribution < 1.29 is 38.5 Å². The number of fused-ring (bicyclic) bond motifs is 2. The first kappa shape index (κ1) is 32.6. The molecule has 2 fully saturated rings. The Hall–Kier alpha value is -4.32. The van der Waals surface area contributed by atoms with Crippen LogP contribution in [0.5, 0.6) is 0 Å². The highest BCUT2D eigenvalue weighted by molar-refractivity contribution is 5.99. The van der Waals surface area contributed by atoms with E-state index >= 15 is 0 Å². The lowest BCUT2D eigenvalue weighted by molar-refractivity contribution is -0.162. The fraction of sp³-hybridized carbons (Fsp3) is 0.444. The fourth-order valence-corrected chi connectivity index (χ4v) is 7.33. The van der Waals surface area contributed by atoms with E-state index < -0.39 is 47.7 Å². The van der Waals surface area contributed by atoms with Crippen molar-refractivity contribution in [1.29, 1.82) is 0 Å². The molecule has 0 unspecified atom stereocenters. The van der Waals surface area contributed by atoms with Gasteiger partial charge in [-0.05, 0) is 24.0 Å². The quantitative estimate of drug-likeness (QED) is 0.331. The van der Waals surface area contributed by atoms with E-state index in [0.717, 1.165) is 5.56 Å². The monoisotopic (exact) mass is 643 g/mol. The number of hydrogen-bond donors (Lipinski definition) is 2. The summed E-state index contributed by atoms with van der Waals surface area (Å²) < 4.78 is 18.2. The summed E-state index contributed by atoms with van der Waals surface area (Å²) in [5.41, 5.74) is 0.180. The van der Waals surface area contributed by atoms with Crippen molar-refractivity contribution in [2.75, 3.05) is 33.4 Å². The topological polar surface area (TPSA) is 135 Å². The molecule has 2 aromatic carbocycles. The minimum Gasteiger partial charge on any atom is -0.455 e. The Kier molecular flexibility index (Phi) is 9.86. The molecule has 1 spiro atoms. The van der Waals surface area contributed by atoms with Gasteiger partial charge in [-0.15, -0.1) is 0 Å². The number of hydrogen-bond acceptors (Lipinski definition) is 8. The molecule has 47 heavy (non-hydrogen) atoms. The molecule has 2 N–H and O–H groups in total. The van der Waals surface area contributed by atoms with Gasteiger partial charge < -0.3 is 34.4 Å². The van der Waals surface area contributed by atoms with Gasteiger partial charge in [0.15, 0.2) is 0 Å². The molecule has 2 aromatic rings. The van der Waals surface area contributed by atoms with Crippen LogP contribution in [0.3, 0.4) is 0 Å². The van der Waals surface area contributed by atoms with Gasteiger partial charge in [0, 0.05) is 39.8 Å². The fourth-order valence-electron chi connectivity index (χ4n) is 7.33. The Morgan fingerprint density at radius 1 is 1.00 bits per heavy atom. The van der Waals surface area contributed by atoms with Crippen LogP contribution < -0.4 is 5.32 Å². The summed E-state index contributed by atoms with van der Waals surface area (Å²) >= 11 is 0. The lowest BCUT2D eigenvalue weighted by Gasteiger charge is -2.36. The van der Waals surface area contributed by atoms with Crippen LogP contribution in [0.15, 0.2) is 85.0 Å². The third kappa shape index (κ3) is 6.35. The Balaban J connectivity index is 1.42. The average molecular weight is 644 g/mol. The summed E-state index contributed by atoms with van der Waals surface area (Å²) in [6, 6.07) is 16.9. The number of ether oxygens (including phenoxy) is 3. The molecule has 4 aliphatic heterocycles. The van der Waals surface area contributed by atoms with E-state index in [1.807, 2.05) is 72.8 Å². The number of carbonyl (C=O) groups is 4. The first-order valence-electron chi connectivity index (χ1n) is 16.2. The average Bonchev–Trinajstić information content (AvgIpc) is 3.72. The summed E-state index contributed by atoms with van der Waals surface area (Å²) in [4.78, 5) is 59.5. The molecule has 3 amide bonds. The zero-order valence-corrected chi connectivity index (χ0v) is 26.4. The van der Waals surface area contributed by atoms with Crippen molar-refractivity contribution in [2.24, 2.45) is 11.8 Å². The van der Waals surface area contributed by atoms with Crippen LogP contribution in [0, 0.1) is 11.8 Å². The van der Waals surface area contributed by atoms with Crippen LogP contribution in [-0.2, 0) is 39.9 Å². The zero-order chi connectivity index (χ0) is 33.0. The maximum atomic E-state index is 14.7. The summed E-state index contributed by atoms with van der Waals surface area (Å²) in [5, 5.41) is 12.7. The van der Waals surface area contributed by atoms with Crippen LogP contribution in [0.4, 0.5) is 0 Å². The molecule has 5 bridgehead atoms. The molecule has 0 radical (unpaired) electrons. The molecule has 6 rings (SSSR count). The number of nitrogens with zero attached hydrogens (tertiary/aromatic N) is 2. The molecule has 0 aliphatic carbocycles. The Morgan fingerprint density at radius 2 is 1.74 bits per heavy atom. The maximum Gasteiger partial charge on any atom is 0.313 e. The number of aliphatic hydroxyl groups is 1. The van der Waals surface area contributed by atoms with Gasteiger partial charge >= 0.3 is 5.97 Å². The first-order chi connectivity index (χ1) is 22.9. The number of rotatable bonds is 8. The normalized spacial score (nSPS) is 31.5. The van der Waals surface area contributed by atoms with Gasteiger partial charge in [0.25, 0.3) is 0 Å². The lowest BCUT2D eigenvalue weighted by Crippen LogP contribution is -2.55. The number of aliphatic hydroxyl groups excluding tert-OH is 1. The van der Waals surface area contributed by atoms with Crippen molar-refractivity contribution in [3.63, 3.8) is 0 Å². The number of esters is 1. The van der Waals surface area contributed by atoms with Crippen molar-refractivity contribution in [3.05, 3.63) is 96.1 Å². The Labute approximate surface area is 274 Å². The molecule has 7 atom stereocenters. The van der Waals surface area contributed by atoms with E-state index in [9.17, 15) is 24.3 Å². The van der Waals surface area contributed by atoms with Crippen LogP contribution in [0.25, 0.3) is 0 Å². The highest BCUT2D eigenvalue weighted by atomic mass is 16.6. The van der Waals surface area contributed by atoms with Gasteiger partial charge in [0.2, 0.25) is 17.7 Å². The third-order valence-electron chi connectivity index (χ3n) is 9.42. The van der Waals surface area contributed by atoms with Gasteiger partial charge in [0.05, 0.1) is 24.7 Å². The second-order valence-electron chi connectivity index (χ2n) is 12.4. The van der Waals surface area contributed by atoms with Crippen molar-refractivity contribution in [2.45, 2.75) is 55.7 Å². The smallest absolute Gasteiger partial charge is 0.313 e. The van der Waals surface area contributed by atoms with E-state index in [1.54, 1.807) is 17.1 Å².